The molecule has 0 saturated carbocycles. The number of nitrogens with one attached hydrogen (secondary N) is 1. The van der Waals surface area contributed by atoms with Gasteiger partial charge in [0.2, 0.25) is 11.8 Å². The number of hydrogen-bond donors (Lipinski definition) is 2. The van der Waals surface area contributed by atoms with Gasteiger partial charge in [0.05, 0.1) is 12.1 Å². The van der Waals surface area contributed by atoms with Crippen molar-refractivity contribution in [2.24, 2.45) is 11.7 Å². The molecular formula is C19H22N4O3S. The first kappa shape index (κ1) is 19.0. The van der Waals surface area contributed by atoms with E-state index < -0.39 is 11.8 Å². The first-order valence-corrected chi connectivity index (χ1v) is 9.68. The molecule has 1 saturated heterocycles. The molecule has 2 aromatic rings. The number of benzene rings is 1. The molecule has 2 unspecified atom stereocenters. The first-order chi connectivity index (χ1) is 12.9. The molecule has 3 rings (SSSR count). The maximum absolute atomic E-state index is 12.6. The van der Waals surface area contributed by atoms with E-state index in [-0.39, 0.29) is 23.1 Å². The Morgan fingerprint density at radius 1 is 1.41 bits per heavy atom. The second kappa shape index (κ2) is 7.87. The minimum atomic E-state index is -0.586. The average Bonchev–Trinajstić information content (AvgIpc) is 3.28. The molecule has 7 nitrogen and oxygen atoms in total. The summed E-state index contributed by atoms with van der Waals surface area (Å²) in [5.41, 5.74) is 7.18. The molecule has 1 aliphatic heterocycles. The van der Waals surface area contributed by atoms with Gasteiger partial charge in [0.25, 0.3) is 5.91 Å². The van der Waals surface area contributed by atoms with Gasteiger partial charge in [-0.15, -0.1) is 0 Å². The largest absolute Gasteiger partial charge is 0.365 e. The lowest BCUT2D eigenvalue weighted by atomic mass is 9.96. The number of rotatable bonds is 6. The third-order valence-electron chi connectivity index (χ3n) is 4.85. The fourth-order valence-electron chi connectivity index (χ4n) is 3.14. The summed E-state index contributed by atoms with van der Waals surface area (Å²) >= 11 is 1.02. The number of anilines is 2. The number of carbonyl (C=O) groups excluding carboxylic acids is 3. The number of amides is 3. The predicted octanol–water partition coefficient (Wildman–Crippen LogP) is 2.75. The first-order valence-electron chi connectivity index (χ1n) is 8.86. The highest BCUT2D eigenvalue weighted by Crippen LogP contribution is 2.33. The lowest BCUT2D eigenvalue weighted by molar-refractivity contribution is -0.122. The van der Waals surface area contributed by atoms with Crippen molar-refractivity contribution in [1.82, 2.24) is 4.98 Å². The third-order valence-corrected chi connectivity index (χ3v) is 5.77. The zero-order chi connectivity index (χ0) is 19.6. The summed E-state index contributed by atoms with van der Waals surface area (Å²) in [6.07, 6.45) is 2.45. The van der Waals surface area contributed by atoms with Crippen LogP contribution in [0.15, 0.2) is 30.5 Å². The van der Waals surface area contributed by atoms with E-state index in [9.17, 15) is 14.4 Å². The summed E-state index contributed by atoms with van der Waals surface area (Å²) in [6, 6.07) is 7.84. The Hall–Kier alpha value is -2.74. The Labute approximate surface area is 161 Å². The van der Waals surface area contributed by atoms with Crippen LogP contribution < -0.4 is 16.0 Å². The summed E-state index contributed by atoms with van der Waals surface area (Å²) in [6.45, 7) is 4.56. The fourth-order valence-corrected chi connectivity index (χ4v) is 3.81. The minimum Gasteiger partial charge on any atom is -0.365 e. The molecule has 1 fully saturated rings. The summed E-state index contributed by atoms with van der Waals surface area (Å²) < 4.78 is 0. The highest BCUT2D eigenvalue weighted by atomic mass is 32.1. The molecule has 0 radical (unpaired) electrons. The molecular weight excluding hydrogens is 364 g/mol. The highest BCUT2D eigenvalue weighted by Gasteiger charge is 2.36. The van der Waals surface area contributed by atoms with Crippen molar-refractivity contribution in [2.75, 3.05) is 16.8 Å². The summed E-state index contributed by atoms with van der Waals surface area (Å²) in [5.74, 6) is -1.08. The molecule has 2 atom stereocenters. The number of primary amides is 1. The van der Waals surface area contributed by atoms with E-state index in [0.29, 0.717) is 17.6 Å². The normalized spacial score (nSPS) is 17.8. The number of aromatic nitrogens is 1. The molecule has 0 bridgehead atoms. The number of nitrogens with two attached hydrogens (primary N) is 1. The predicted molar refractivity (Wildman–Crippen MR) is 105 cm³/mol. The fraction of sp³-hybridized carbons (Fsp3) is 0.368. The lowest BCUT2D eigenvalue weighted by Gasteiger charge is -2.23. The maximum Gasteiger partial charge on any atom is 0.260 e. The molecule has 0 aliphatic carbocycles. The number of carbonyl (C=O) groups is 3. The van der Waals surface area contributed by atoms with Crippen LogP contribution in [0.25, 0.3) is 0 Å². The van der Waals surface area contributed by atoms with Gasteiger partial charge in [0, 0.05) is 18.7 Å². The number of nitrogens with zero attached hydrogens (tertiary/aromatic N) is 2. The number of hydrogen-bond acceptors (Lipinski definition) is 5. The van der Waals surface area contributed by atoms with Crippen LogP contribution in [0.4, 0.5) is 10.8 Å². The van der Waals surface area contributed by atoms with E-state index in [4.69, 9.17) is 5.73 Å². The molecule has 3 amide bonds. The molecule has 8 heteroatoms. The summed E-state index contributed by atoms with van der Waals surface area (Å²) in [5, 5.41) is 2.99. The molecule has 27 heavy (non-hydrogen) atoms. The van der Waals surface area contributed by atoms with Crippen LogP contribution in [-0.4, -0.2) is 29.3 Å². The van der Waals surface area contributed by atoms with E-state index in [2.05, 4.69) is 24.1 Å². The van der Waals surface area contributed by atoms with Gasteiger partial charge in [0.1, 0.15) is 4.88 Å². The maximum atomic E-state index is 12.6. The van der Waals surface area contributed by atoms with Gasteiger partial charge >= 0.3 is 0 Å². The van der Waals surface area contributed by atoms with Crippen LogP contribution in [0, 0.1) is 5.92 Å². The van der Waals surface area contributed by atoms with E-state index in [1.54, 1.807) is 4.90 Å². The third kappa shape index (κ3) is 4.00. The van der Waals surface area contributed by atoms with Crippen molar-refractivity contribution in [2.45, 2.75) is 32.6 Å². The Bertz CT molecular complexity index is 879. The lowest BCUT2D eigenvalue weighted by Crippen LogP contribution is -2.29. The molecule has 3 N–H and O–H groups in total. The molecule has 1 aliphatic rings. The van der Waals surface area contributed by atoms with Crippen molar-refractivity contribution in [3.63, 3.8) is 0 Å². The minimum absolute atomic E-state index is 0.0668. The van der Waals surface area contributed by atoms with Gasteiger partial charge in [0.15, 0.2) is 5.13 Å². The number of para-hydroxylation sites is 1. The standard InChI is InChI=1S/C19H22N4O3S/c1-3-11(2)13-6-4-5-7-14(13)23-10-12(8-16(23)24)18(26)22-19-21-9-15(27-19)17(20)25/h4-7,9,11-12H,3,8,10H2,1-2H3,(H2,20,25)(H,21,22,26). The Kier molecular flexibility index (Phi) is 5.55. The molecule has 142 valence electrons. The van der Waals surface area contributed by atoms with E-state index in [1.807, 2.05) is 24.3 Å². The second-order valence-corrected chi connectivity index (χ2v) is 7.69. The van der Waals surface area contributed by atoms with Gasteiger partial charge in [-0.2, -0.15) is 0 Å². The monoisotopic (exact) mass is 386 g/mol. The van der Waals surface area contributed by atoms with Crippen LogP contribution in [0.3, 0.4) is 0 Å². The van der Waals surface area contributed by atoms with Crippen LogP contribution in [0.1, 0.15) is 47.8 Å². The Morgan fingerprint density at radius 3 is 2.81 bits per heavy atom. The van der Waals surface area contributed by atoms with Crippen molar-refractivity contribution < 1.29 is 14.4 Å². The average molecular weight is 386 g/mol. The Balaban J connectivity index is 1.73. The SMILES string of the molecule is CCC(C)c1ccccc1N1CC(C(=O)Nc2ncc(C(N)=O)s2)CC1=O. The van der Waals surface area contributed by atoms with Gasteiger partial charge in [-0.25, -0.2) is 4.98 Å². The van der Waals surface area contributed by atoms with E-state index in [0.717, 1.165) is 29.0 Å². The van der Waals surface area contributed by atoms with Crippen molar-refractivity contribution in [1.29, 1.82) is 0 Å². The van der Waals surface area contributed by atoms with Crippen molar-refractivity contribution >= 4 is 39.9 Å². The zero-order valence-electron chi connectivity index (χ0n) is 15.3. The summed E-state index contributed by atoms with van der Waals surface area (Å²) in [7, 11) is 0. The second-order valence-electron chi connectivity index (χ2n) is 6.66. The molecule has 1 aromatic carbocycles. The molecule has 1 aromatic heterocycles. The van der Waals surface area contributed by atoms with Crippen LogP contribution in [-0.2, 0) is 9.59 Å². The smallest absolute Gasteiger partial charge is 0.260 e. The number of thiazole rings is 1. The van der Waals surface area contributed by atoms with Crippen molar-refractivity contribution in [3.05, 3.63) is 40.9 Å². The van der Waals surface area contributed by atoms with Gasteiger partial charge < -0.3 is 16.0 Å². The van der Waals surface area contributed by atoms with Gasteiger partial charge in [-0.3, -0.25) is 14.4 Å². The van der Waals surface area contributed by atoms with Gasteiger partial charge in [-0.05, 0) is 24.0 Å². The van der Waals surface area contributed by atoms with E-state index in [1.165, 1.54) is 6.20 Å². The zero-order valence-corrected chi connectivity index (χ0v) is 16.1. The quantitative estimate of drug-likeness (QED) is 0.796. The summed E-state index contributed by atoms with van der Waals surface area (Å²) in [4.78, 5) is 42.2. The van der Waals surface area contributed by atoms with E-state index >= 15 is 0 Å². The van der Waals surface area contributed by atoms with Crippen LogP contribution in [0.2, 0.25) is 0 Å². The molecule has 2 heterocycles. The molecule has 0 spiro atoms. The highest BCUT2D eigenvalue weighted by molar-refractivity contribution is 7.17. The van der Waals surface area contributed by atoms with Crippen LogP contribution >= 0.6 is 11.3 Å². The van der Waals surface area contributed by atoms with Gasteiger partial charge in [-0.1, -0.05) is 43.4 Å². The van der Waals surface area contributed by atoms with Crippen LogP contribution in [0.5, 0.6) is 0 Å². The van der Waals surface area contributed by atoms with Crippen molar-refractivity contribution in [3.8, 4) is 0 Å². The Morgan fingerprint density at radius 2 is 2.15 bits per heavy atom. The topological polar surface area (TPSA) is 105 Å².